The highest BCUT2D eigenvalue weighted by molar-refractivity contribution is 5.86. The molecule has 0 saturated carbocycles. The van der Waals surface area contributed by atoms with Gasteiger partial charge in [0.2, 0.25) is 5.82 Å². The maximum absolute atomic E-state index is 10.4. The Morgan fingerprint density at radius 3 is 2.86 bits per heavy atom. The Morgan fingerprint density at radius 1 is 1.32 bits per heavy atom. The van der Waals surface area contributed by atoms with Crippen molar-refractivity contribution in [3.8, 4) is 23.2 Å². The first-order valence-corrected chi connectivity index (χ1v) is 9.14. The van der Waals surface area contributed by atoms with Gasteiger partial charge in [0.05, 0.1) is 18.4 Å². The lowest BCUT2D eigenvalue weighted by molar-refractivity contribution is -0.0153. The lowest BCUT2D eigenvalue weighted by atomic mass is 10.2. The third-order valence-electron chi connectivity index (χ3n) is 4.58. The normalized spacial score (nSPS) is 21.8. The number of unbranched alkanes of at least 4 members (excludes halogenated alkanes) is 2. The average molecular weight is 383 g/mol. The first-order valence-electron chi connectivity index (χ1n) is 9.14. The van der Waals surface area contributed by atoms with Gasteiger partial charge in [0.25, 0.3) is 0 Å². The minimum Gasteiger partial charge on any atom is -0.472 e. The third kappa shape index (κ3) is 3.22. The molecule has 3 atom stereocenters. The van der Waals surface area contributed by atoms with E-state index in [-0.39, 0.29) is 18.2 Å². The number of fused-ring (bicyclic) bond motifs is 1. The fraction of sp³-hybridized carbons (Fsp3) is 0.421. The summed E-state index contributed by atoms with van der Waals surface area (Å²) in [5.74, 6) is 6.87. The number of nitrogens with two attached hydrogens (primary N) is 1. The van der Waals surface area contributed by atoms with Crippen molar-refractivity contribution in [1.82, 2.24) is 19.5 Å². The van der Waals surface area contributed by atoms with E-state index in [9.17, 15) is 10.2 Å². The topological polar surface area (TPSA) is 132 Å². The quantitative estimate of drug-likeness (QED) is 0.456. The first-order chi connectivity index (χ1) is 13.6. The smallest absolute Gasteiger partial charge is 0.208 e. The van der Waals surface area contributed by atoms with Crippen LogP contribution in [-0.4, -0.2) is 48.5 Å². The van der Waals surface area contributed by atoms with E-state index in [1.807, 2.05) is 0 Å². The second kappa shape index (κ2) is 7.59. The van der Waals surface area contributed by atoms with Crippen LogP contribution in [0.2, 0.25) is 0 Å². The van der Waals surface area contributed by atoms with Crippen LogP contribution in [0.1, 0.15) is 38.2 Å². The molecule has 1 saturated heterocycles. The van der Waals surface area contributed by atoms with E-state index >= 15 is 0 Å². The highest BCUT2D eigenvalue weighted by Crippen LogP contribution is 2.34. The number of rotatable bonds is 4. The summed E-state index contributed by atoms with van der Waals surface area (Å²) in [7, 11) is 0. The molecule has 9 heteroatoms. The number of aliphatic hydroxyl groups is 2. The number of nitrogens with zero attached hydrogens (tertiary/aromatic N) is 4. The predicted molar refractivity (Wildman–Crippen MR) is 101 cm³/mol. The van der Waals surface area contributed by atoms with Crippen LogP contribution in [0.25, 0.3) is 22.6 Å². The summed E-state index contributed by atoms with van der Waals surface area (Å²) in [5.41, 5.74) is 7.51. The summed E-state index contributed by atoms with van der Waals surface area (Å²) < 4.78 is 12.4. The molecule has 9 nitrogen and oxygen atoms in total. The molecular weight excluding hydrogens is 362 g/mol. The minimum atomic E-state index is -1.14. The Labute approximate surface area is 161 Å². The van der Waals surface area contributed by atoms with Crippen molar-refractivity contribution in [2.45, 2.75) is 44.6 Å². The molecular formula is C19H21N5O4. The number of aliphatic hydroxyl groups excluding tert-OH is 2. The Balaban J connectivity index is 1.88. The summed E-state index contributed by atoms with van der Waals surface area (Å²) in [6.45, 7) is 2.10. The molecule has 4 N–H and O–H groups in total. The van der Waals surface area contributed by atoms with Gasteiger partial charge in [-0.2, -0.15) is 0 Å². The van der Waals surface area contributed by atoms with Crippen molar-refractivity contribution in [2.24, 2.45) is 0 Å². The fourth-order valence-corrected chi connectivity index (χ4v) is 3.11. The van der Waals surface area contributed by atoms with Crippen LogP contribution in [0, 0.1) is 11.8 Å². The van der Waals surface area contributed by atoms with Crippen molar-refractivity contribution >= 4 is 17.0 Å². The zero-order valence-electron chi connectivity index (χ0n) is 15.4. The van der Waals surface area contributed by atoms with E-state index in [4.69, 9.17) is 14.9 Å². The molecule has 0 unspecified atom stereocenters. The Bertz CT molecular complexity index is 1030. The summed E-state index contributed by atoms with van der Waals surface area (Å²) in [5, 5.41) is 20.3. The molecule has 0 spiro atoms. The number of imidazole rings is 1. The van der Waals surface area contributed by atoms with E-state index < -0.39 is 18.4 Å². The maximum atomic E-state index is 10.4. The van der Waals surface area contributed by atoms with Gasteiger partial charge in [-0.3, -0.25) is 4.57 Å². The standard InChI is InChI=1S/C19H21N5O4/c1-2-3-4-5-6-13-21-16(20)14-18(22-13)24(19-15(26)12(25)10-28-19)17(23-14)11-7-8-27-9-11/h7-9,12,15,19,25-26H,2-4,10H2,1H3,(H2,20,21,22)/t12-,15-,19+/m0/s1. The molecule has 0 amide bonds. The van der Waals surface area contributed by atoms with E-state index in [0.717, 1.165) is 19.3 Å². The van der Waals surface area contributed by atoms with Gasteiger partial charge in [0.15, 0.2) is 23.2 Å². The molecule has 1 aliphatic rings. The number of anilines is 1. The molecule has 146 valence electrons. The zero-order chi connectivity index (χ0) is 19.7. The van der Waals surface area contributed by atoms with Crippen molar-refractivity contribution in [3.63, 3.8) is 0 Å². The first kappa shape index (κ1) is 18.4. The monoisotopic (exact) mass is 383 g/mol. The number of nitrogen functional groups attached to an aromatic ring is 1. The van der Waals surface area contributed by atoms with E-state index in [2.05, 4.69) is 33.7 Å². The summed E-state index contributed by atoms with van der Waals surface area (Å²) in [4.78, 5) is 13.3. The predicted octanol–water partition coefficient (Wildman–Crippen LogP) is 1.46. The molecule has 0 radical (unpaired) electrons. The van der Waals surface area contributed by atoms with E-state index in [0.29, 0.717) is 22.6 Å². The van der Waals surface area contributed by atoms with Crippen LogP contribution in [-0.2, 0) is 4.74 Å². The highest BCUT2D eigenvalue weighted by Gasteiger charge is 2.39. The van der Waals surface area contributed by atoms with Gasteiger partial charge in [0.1, 0.15) is 24.3 Å². The summed E-state index contributed by atoms with van der Waals surface area (Å²) in [6, 6.07) is 1.73. The van der Waals surface area contributed by atoms with Crippen LogP contribution >= 0.6 is 0 Å². The minimum absolute atomic E-state index is 0.000575. The lowest BCUT2D eigenvalue weighted by Crippen LogP contribution is -2.28. The second-order valence-corrected chi connectivity index (χ2v) is 6.61. The molecule has 3 aromatic heterocycles. The molecule has 4 heterocycles. The summed E-state index contributed by atoms with van der Waals surface area (Å²) in [6.07, 6.45) is 2.80. The van der Waals surface area contributed by atoms with Crippen molar-refractivity contribution in [1.29, 1.82) is 0 Å². The molecule has 0 aliphatic carbocycles. The molecule has 3 aromatic rings. The Morgan fingerprint density at radius 2 is 2.18 bits per heavy atom. The molecule has 0 bridgehead atoms. The number of ether oxygens (including phenoxy) is 1. The van der Waals surface area contributed by atoms with E-state index in [1.165, 1.54) is 12.5 Å². The van der Waals surface area contributed by atoms with Gasteiger partial charge < -0.3 is 25.1 Å². The van der Waals surface area contributed by atoms with Gasteiger partial charge >= 0.3 is 0 Å². The number of furan rings is 1. The second-order valence-electron chi connectivity index (χ2n) is 6.61. The van der Waals surface area contributed by atoms with Crippen LogP contribution in [0.5, 0.6) is 0 Å². The van der Waals surface area contributed by atoms with Crippen LogP contribution in [0.4, 0.5) is 5.82 Å². The van der Waals surface area contributed by atoms with Crippen LogP contribution in [0.3, 0.4) is 0 Å². The van der Waals surface area contributed by atoms with Crippen molar-refractivity contribution in [2.75, 3.05) is 12.3 Å². The van der Waals surface area contributed by atoms with Crippen LogP contribution < -0.4 is 5.73 Å². The Kier molecular flexibility index (Phi) is 5.00. The largest absolute Gasteiger partial charge is 0.472 e. The van der Waals surface area contributed by atoms with Gasteiger partial charge in [-0.05, 0) is 18.4 Å². The van der Waals surface area contributed by atoms with Crippen molar-refractivity contribution < 1.29 is 19.4 Å². The van der Waals surface area contributed by atoms with Crippen molar-refractivity contribution in [3.05, 3.63) is 24.4 Å². The van der Waals surface area contributed by atoms with Gasteiger partial charge in [0, 0.05) is 6.42 Å². The van der Waals surface area contributed by atoms with E-state index in [1.54, 1.807) is 10.6 Å². The molecule has 1 aliphatic heterocycles. The molecule has 1 fully saturated rings. The van der Waals surface area contributed by atoms with Gasteiger partial charge in [-0.15, -0.1) is 0 Å². The molecule has 28 heavy (non-hydrogen) atoms. The molecule has 0 aromatic carbocycles. The number of aromatic nitrogens is 4. The highest BCUT2D eigenvalue weighted by atomic mass is 16.5. The summed E-state index contributed by atoms with van der Waals surface area (Å²) >= 11 is 0. The van der Waals surface area contributed by atoms with Gasteiger partial charge in [-0.1, -0.05) is 19.3 Å². The number of hydrogen-bond acceptors (Lipinski definition) is 8. The number of hydrogen-bond donors (Lipinski definition) is 3. The lowest BCUT2D eigenvalue weighted by Gasteiger charge is -2.19. The molecule has 4 rings (SSSR count). The van der Waals surface area contributed by atoms with Crippen LogP contribution in [0.15, 0.2) is 23.0 Å². The third-order valence-corrected chi connectivity index (χ3v) is 4.58. The average Bonchev–Trinajstić information content (AvgIpc) is 3.39. The fourth-order valence-electron chi connectivity index (χ4n) is 3.11. The SMILES string of the molecule is CCCCC#Cc1nc(N)c2nc(-c3ccoc3)n([C@@H]3OC[C@H](O)[C@@H]3O)c2n1. The Hall–Kier alpha value is -2.93. The zero-order valence-corrected chi connectivity index (χ0v) is 15.4. The maximum Gasteiger partial charge on any atom is 0.208 e. The van der Waals surface area contributed by atoms with Gasteiger partial charge in [-0.25, -0.2) is 15.0 Å².